The molecule has 1 rings (SSSR count). The summed E-state index contributed by atoms with van der Waals surface area (Å²) in [5.74, 6) is -0.698. The first-order valence-electron chi connectivity index (χ1n) is 3.29. The van der Waals surface area contributed by atoms with Gasteiger partial charge in [-0.15, -0.1) is 12.6 Å². The molecular weight excluding hydrogens is 215 g/mol. The van der Waals surface area contributed by atoms with Crippen LogP contribution in [0.5, 0.6) is 0 Å². The fourth-order valence-electron chi connectivity index (χ4n) is 0.823. The molecular formula is C7H6N2NaO3S+. The van der Waals surface area contributed by atoms with Crippen LogP contribution in [0.4, 0.5) is 5.69 Å². The number of carbonyl (C=O) groups is 1. The molecule has 0 spiro atoms. The summed E-state index contributed by atoms with van der Waals surface area (Å²) in [6, 6.07) is 3.85. The fraction of sp³-hybridized carbons (Fsp3) is 0. The van der Waals surface area contributed by atoms with Gasteiger partial charge >= 0.3 is 29.6 Å². The number of hydrogen-bond donors (Lipinski definition) is 2. The molecule has 5 nitrogen and oxygen atoms in total. The summed E-state index contributed by atoms with van der Waals surface area (Å²) in [6.07, 6.45) is 0. The van der Waals surface area contributed by atoms with E-state index < -0.39 is 10.8 Å². The van der Waals surface area contributed by atoms with Crippen molar-refractivity contribution in [2.45, 2.75) is 4.90 Å². The van der Waals surface area contributed by atoms with Crippen LogP contribution in [0.25, 0.3) is 0 Å². The van der Waals surface area contributed by atoms with Gasteiger partial charge in [0.2, 0.25) is 5.91 Å². The van der Waals surface area contributed by atoms with Crippen molar-refractivity contribution in [1.82, 2.24) is 0 Å². The molecule has 0 saturated heterocycles. The van der Waals surface area contributed by atoms with Gasteiger partial charge in [0.15, 0.2) is 0 Å². The van der Waals surface area contributed by atoms with E-state index in [4.69, 9.17) is 5.73 Å². The van der Waals surface area contributed by atoms with Crippen molar-refractivity contribution >= 4 is 24.2 Å². The van der Waals surface area contributed by atoms with E-state index in [0.717, 1.165) is 6.07 Å². The molecule has 0 bridgehead atoms. The number of thiol groups is 1. The molecule has 0 heterocycles. The molecule has 1 aromatic rings. The van der Waals surface area contributed by atoms with E-state index in [1.807, 2.05) is 0 Å². The van der Waals surface area contributed by atoms with E-state index in [1.54, 1.807) is 0 Å². The molecule has 7 heteroatoms. The number of nitro benzene ring substituents is 1. The molecule has 0 fully saturated rings. The minimum absolute atomic E-state index is 0. The van der Waals surface area contributed by atoms with Gasteiger partial charge in [-0.3, -0.25) is 14.9 Å². The molecule has 1 amide bonds. The van der Waals surface area contributed by atoms with Gasteiger partial charge in [-0.1, -0.05) is 0 Å². The third kappa shape index (κ3) is 2.98. The van der Waals surface area contributed by atoms with Crippen LogP contribution in [0.3, 0.4) is 0 Å². The second kappa shape index (κ2) is 5.35. The van der Waals surface area contributed by atoms with E-state index in [-0.39, 0.29) is 45.7 Å². The van der Waals surface area contributed by atoms with Crippen molar-refractivity contribution in [2.75, 3.05) is 0 Å². The molecule has 0 saturated carbocycles. The molecule has 1 aromatic carbocycles. The SMILES string of the molecule is NC(=O)c1ccc(S)c([N+](=O)[O-])c1.[Na+]. The minimum atomic E-state index is -0.698. The Kier molecular flexibility index (Phi) is 5.14. The largest absolute Gasteiger partial charge is 1.00 e. The van der Waals surface area contributed by atoms with Crippen LogP contribution < -0.4 is 35.3 Å². The Balaban J connectivity index is 0.00000169. The first-order valence-corrected chi connectivity index (χ1v) is 3.74. The summed E-state index contributed by atoms with van der Waals surface area (Å²) in [5.41, 5.74) is 4.83. The number of rotatable bonds is 2. The average Bonchev–Trinajstić information content (AvgIpc) is 2.04. The Bertz CT molecular complexity index is 383. The molecule has 0 unspecified atom stereocenters. The zero-order valence-electron chi connectivity index (χ0n) is 7.43. The summed E-state index contributed by atoms with van der Waals surface area (Å²) in [5, 5.41) is 10.4. The normalized spacial score (nSPS) is 8.93. The number of nitrogens with zero attached hydrogens (tertiary/aromatic N) is 1. The van der Waals surface area contributed by atoms with Crippen molar-refractivity contribution in [2.24, 2.45) is 5.73 Å². The van der Waals surface area contributed by atoms with Gasteiger partial charge < -0.3 is 5.73 Å². The fourth-order valence-corrected chi connectivity index (χ4v) is 1.04. The Morgan fingerprint density at radius 1 is 1.50 bits per heavy atom. The van der Waals surface area contributed by atoms with Gasteiger partial charge in [-0.25, -0.2) is 0 Å². The van der Waals surface area contributed by atoms with Crippen LogP contribution in [-0.2, 0) is 0 Å². The maximum atomic E-state index is 10.7. The summed E-state index contributed by atoms with van der Waals surface area (Å²) in [4.78, 5) is 20.7. The zero-order chi connectivity index (χ0) is 10.0. The number of nitrogens with two attached hydrogens (primary N) is 1. The van der Waals surface area contributed by atoms with E-state index in [9.17, 15) is 14.9 Å². The molecule has 68 valence electrons. The van der Waals surface area contributed by atoms with Gasteiger partial charge in [0.25, 0.3) is 5.69 Å². The topological polar surface area (TPSA) is 86.2 Å². The number of nitro groups is 1. The van der Waals surface area contributed by atoms with Crippen LogP contribution in [0.2, 0.25) is 0 Å². The Morgan fingerprint density at radius 3 is 2.50 bits per heavy atom. The van der Waals surface area contributed by atoms with Crippen LogP contribution >= 0.6 is 12.6 Å². The first-order chi connectivity index (χ1) is 6.02. The summed E-state index contributed by atoms with van der Waals surface area (Å²) in [7, 11) is 0. The van der Waals surface area contributed by atoms with Crippen LogP contribution in [0.1, 0.15) is 10.4 Å². The van der Waals surface area contributed by atoms with Crippen LogP contribution in [0, 0.1) is 10.1 Å². The Morgan fingerprint density at radius 2 is 2.07 bits per heavy atom. The molecule has 0 atom stereocenters. The number of primary amides is 1. The number of benzene rings is 1. The summed E-state index contributed by atoms with van der Waals surface area (Å²) < 4.78 is 0. The second-order valence-electron chi connectivity index (χ2n) is 2.32. The minimum Gasteiger partial charge on any atom is -0.366 e. The number of amides is 1. The van der Waals surface area contributed by atoms with Crippen molar-refractivity contribution in [1.29, 1.82) is 0 Å². The van der Waals surface area contributed by atoms with Gasteiger partial charge in [0.1, 0.15) is 0 Å². The van der Waals surface area contributed by atoms with Crippen LogP contribution in [-0.4, -0.2) is 10.8 Å². The Labute approximate surface area is 108 Å². The predicted octanol–water partition coefficient (Wildman–Crippen LogP) is -2.01. The monoisotopic (exact) mass is 221 g/mol. The molecule has 14 heavy (non-hydrogen) atoms. The zero-order valence-corrected chi connectivity index (χ0v) is 10.3. The van der Waals surface area contributed by atoms with E-state index in [0.29, 0.717) is 0 Å². The van der Waals surface area contributed by atoms with Crippen LogP contribution in [0.15, 0.2) is 23.1 Å². The second-order valence-corrected chi connectivity index (χ2v) is 2.81. The van der Waals surface area contributed by atoms with Gasteiger partial charge in [-0.2, -0.15) is 0 Å². The Hall–Kier alpha value is -0.560. The van der Waals surface area contributed by atoms with Gasteiger partial charge in [-0.05, 0) is 12.1 Å². The molecule has 0 aliphatic carbocycles. The quantitative estimate of drug-likeness (QED) is 0.262. The maximum Gasteiger partial charge on any atom is 1.00 e. The van der Waals surface area contributed by atoms with Crippen molar-refractivity contribution in [3.8, 4) is 0 Å². The number of carbonyl (C=O) groups excluding carboxylic acids is 1. The smallest absolute Gasteiger partial charge is 0.366 e. The van der Waals surface area contributed by atoms with E-state index in [2.05, 4.69) is 12.6 Å². The molecule has 0 radical (unpaired) electrons. The van der Waals surface area contributed by atoms with E-state index in [1.165, 1.54) is 12.1 Å². The third-order valence-electron chi connectivity index (χ3n) is 1.46. The van der Waals surface area contributed by atoms with Crippen molar-refractivity contribution < 1.29 is 39.3 Å². The maximum absolute atomic E-state index is 10.7. The molecule has 0 aromatic heterocycles. The molecule has 0 aliphatic rings. The van der Waals surface area contributed by atoms with Crippen molar-refractivity contribution in [3.63, 3.8) is 0 Å². The molecule has 2 N–H and O–H groups in total. The summed E-state index contributed by atoms with van der Waals surface area (Å²) >= 11 is 3.86. The third-order valence-corrected chi connectivity index (χ3v) is 1.83. The van der Waals surface area contributed by atoms with Crippen molar-refractivity contribution in [3.05, 3.63) is 33.9 Å². The van der Waals surface area contributed by atoms with Gasteiger partial charge in [0, 0.05) is 11.6 Å². The standard InChI is InChI=1S/C7H6N2O3S.Na/c8-7(10)4-1-2-6(13)5(3-4)9(11)12;/h1-3,13H,(H2,8,10);/q;+1. The van der Waals surface area contributed by atoms with E-state index >= 15 is 0 Å². The first kappa shape index (κ1) is 13.4. The summed E-state index contributed by atoms with van der Waals surface area (Å²) in [6.45, 7) is 0. The molecule has 0 aliphatic heterocycles. The predicted molar refractivity (Wildman–Crippen MR) is 48.9 cm³/mol. The average molecular weight is 221 g/mol. The number of hydrogen-bond acceptors (Lipinski definition) is 4. The van der Waals surface area contributed by atoms with Gasteiger partial charge in [0.05, 0.1) is 9.82 Å².